The number of urea groups is 1. The second kappa shape index (κ2) is 6.61. The summed E-state index contributed by atoms with van der Waals surface area (Å²) in [6, 6.07) is -0.0473. The van der Waals surface area contributed by atoms with Crippen molar-refractivity contribution in [2.45, 2.75) is 78.2 Å². The first-order chi connectivity index (χ1) is 13.8. The van der Waals surface area contributed by atoms with Crippen LogP contribution in [0.5, 0.6) is 0 Å². The number of rotatable bonds is 4. The molecule has 1 spiro atoms. The van der Waals surface area contributed by atoms with Gasteiger partial charge in [-0.25, -0.2) is 4.79 Å². The molecule has 0 bridgehead atoms. The van der Waals surface area contributed by atoms with Crippen molar-refractivity contribution in [2.24, 2.45) is 51.8 Å². The minimum absolute atomic E-state index is 0.0473. The first kappa shape index (κ1) is 20.2. The van der Waals surface area contributed by atoms with Crippen molar-refractivity contribution >= 4 is 6.03 Å². The van der Waals surface area contributed by atoms with Gasteiger partial charge in [0.2, 0.25) is 0 Å². The summed E-state index contributed by atoms with van der Waals surface area (Å²) >= 11 is 0. The zero-order valence-electron chi connectivity index (χ0n) is 19.2. The first-order valence-electron chi connectivity index (χ1n) is 12.3. The Morgan fingerprint density at radius 1 is 1.14 bits per heavy atom. The third-order valence-electron chi connectivity index (χ3n) is 11.4. The molecule has 5 fully saturated rings. The Labute approximate surface area is 177 Å². The van der Waals surface area contributed by atoms with Gasteiger partial charge in [-0.05, 0) is 97.7 Å². The molecule has 2 N–H and O–H groups in total. The van der Waals surface area contributed by atoms with Crippen LogP contribution in [0.3, 0.4) is 0 Å². The van der Waals surface area contributed by atoms with Gasteiger partial charge >= 0.3 is 6.03 Å². The maximum absolute atomic E-state index is 11.7. The zero-order chi connectivity index (χ0) is 20.6. The number of amides is 2. The van der Waals surface area contributed by atoms with Crippen LogP contribution >= 0.6 is 0 Å². The molecule has 4 nitrogen and oxygen atoms in total. The summed E-state index contributed by atoms with van der Waals surface area (Å²) in [6.07, 6.45) is 11.7. The number of carbonyl (C=O) groups excluding carboxylic acids is 1. The van der Waals surface area contributed by atoms with Gasteiger partial charge in [0.25, 0.3) is 0 Å². The van der Waals surface area contributed by atoms with E-state index in [-0.39, 0.29) is 6.03 Å². The van der Waals surface area contributed by atoms with E-state index in [0.29, 0.717) is 28.3 Å². The summed E-state index contributed by atoms with van der Waals surface area (Å²) in [7, 11) is 3.68. The van der Waals surface area contributed by atoms with Crippen LogP contribution in [0.4, 0.5) is 4.79 Å². The molecule has 5 rings (SSSR count). The van der Waals surface area contributed by atoms with E-state index < -0.39 is 0 Å². The number of ether oxygens (including phenoxy) is 1. The van der Waals surface area contributed by atoms with Crippen molar-refractivity contribution in [1.82, 2.24) is 10.6 Å². The fourth-order valence-corrected chi connectivity index (χ4v) is 10.0. The number of fused-ring (bicyclic) bond motifs is 4. The Bertz CT molecular complexity index is 682. The van der Waals surface area contributed by atoms with Crippen molar-refractivity contribution in [2.75, 3.05) is 20.7 Å². The lowest BCUT2D eigenvalue weighted by atomic mass is 9.45. The maximum atomic E-state index is 11.7. The van der Waals surface area contributed by atoms with Crippen molar-refractivity contribution in [3.05, 3.63) is 0 Å². The van der Waals surface area contributed by atoms with E-state index in [0.717, 1.165) is 36.1 Å². The molecule has 2 amide bonds. The largest absolute Gasteiger partial charge is 0.381 e. The smallest absolute Gasteiger partial charge is 0.314 e. The fourth-order valence-electron chi connectivity index (χ4n) is 10.0. The van der Waals surface area contributed by atoms with E-state index in [1.807, 2.05) is 7.11 Å². The van der Waals surface area contributed by atoms with Gasteiger partial charge in [0.15, 0.2) is 0 Å². The second-order valence-electron chi connectivity index (χ2n) is 11.9. The van der Waals surface area contributed by atoms with Crippen LogP contribution in [0.1, 0.15) is 72.1 Å². The van der Waals surface area contributed by atoms with Crippen LogP contribution in [0.25, 0.3) is 0 Å². The Balaban J connectivity index is 1.37. The standard InChI is InChI=1S/C25H42N2O2/c1-15(14-27-22(28)26-4)18-6-7-19-17-12-21(29-5)25-13-16(25)8-11-24(25,3)20(17)9-10-23(18,19)2/h15-21H,6-14H2,1-5H3,(H2,26,27,28)/t15-,16-,17+,18-,19+,20+,21?,23-,24-,25?/m1/s1. The van der Waals surface area contributed by atoms with E-state index in [1.54, 1.807) is 7.05 Å². The molecule has 2 unspecified atom stereocenters. The minimum Gasteiger partial charge on any atom is -0.381 e. The average molecular weight is 403 g/mol. The molecule has 5 aliphatic rings. The zero-order valence-corrected chi connectivity index (χ0v) is 19.2. The van der Waals surface area contributed by atoms with Crippen LogP contribution < -0.4 is 10.6 Å². The molecule has 0 radical (unpaired) electrons. The summed E-state index contributed by atoms with van der Waals surface area (Å²) in [4.78, 5) is 11.7. The van der Waals surface area contributed by atoms with Crippen LogP contribution in [-0.4, -0.2) is 32.8 Å². The van der Waals surface area contributed by atoms with Crippen LogP contribution in [0.15, 0.2) is 0 Å². The van der Waals surface area contributed by atoms with Gasteiger partial charge in [-0.2, -0.15) is 0 Å². The third-order valence-corrected chi connectivity index (χ3v) is 11.4. The van der Waals surface area contributed by atoms with Gasteiger partial charge in [0, 0.05) is 26.1 Å². The highest BCUT2D eigenvalue weighted by molar-refractivity contribution is 5.73. The van der Waals surface area contributed by atoms with E-state index in [1.165, 1.54) is 51.4 Å². The topological polar surface area (TPSA) is 50.4 Å². The number of nitrogens with one attached hydrogen (secondary N) is 2. The fraction of sp³-hybridized carbons (Fsp3) is 0.960. The molecule has 0 aromatic carbocycles. The monoisotopic (exact) mass is 402 g/mol. The molecule has 0 aliphatic heterocycles. The summed E-state index contributed by atoms with van der Waals surface area (Å²) in [5.74, 6) is 4.84. The van der Waals surface area contributed by atoms with Crippen LogP contribution in [0.2, 0.25) is 0 Å². The van der Waals surface area contributed by atoms with Gasteiger partial charge < -0.3 is 15.4 Å². The van der Waals surface area contributed by atoms with E-state index >= 15 is 0 Å². The molecule has 0 heterocycles. The third kappa shape index (κ3) is 2.50. The molecule has 0 saturated heterocycles. The summed E-state index contributed by atoms with van der Waals surface area (Å²) in [5.41, 5.74) is 1.48. The summed E-state index contributed by atoms with van der Waals surface area (Å²) < 4.78 is 6.24. The highest BCUT2D eigenvalue weighted by Gasteiger charge is 2.77. The Hall–Kier alpha value is -0.770. The normalized spacial score (nSPS) is 53.3. The quantitative estimate of drug-likeness (QED) is 0.707. The van der Waals surface area contributed by atoms with Crippen molar-refractivity contribution in [3.63, 3.8) is 0 Å². The van der Waals surface area contributed by atoms with Gasteiger partial charge in [0.05, 0.1) is 6.10 Å². The van der Waals surface area contributed by atoms with E-state index in [2.05, 4.69) is 31.4 Å². The number of hydrogen-bond donors (Lipinski definition) is 2. The van der Waals surface area contributed by atoms with Gasteiger partial charge in [-0.15, -0.1) is 0 Å². The molecule has 0 aromatic rings. The number of carbonyl (C=O) groups is 1. The lowest BCUT2D eigenvalue weighted by molar-refractivity contribution is -0.160. The maximum Gasteiger partial charge on any atom is 0.314 e. The van der Waals surface area contributed by atoms with Crippen LogP contribution in [0, 0.1) is 51.8 Å². The highest BCUT2D eigenvalue weighted by atomic mass is 16.5. The predicted octanol–water partition coefficient (Wildman–Crippen LogP) is 4.84. The summed E-state index contributed by atoms with van der Waals surface area (Å²) in [6.45, 7) is 8.42. The molecule has 29 heavy (non-hydrogen) atoms. The Kier molecular flexibility index (Phi) is 4.59. The van der Waals surface area contributed by atoms with Crippen LogP contribution in [-0.2, 0) is 4.74 Å². The second-order valence-corrected chi connectivity index (χ2v) is 11.9. The van der Waals surface area contributed by atoms with Gasteiger partial charge in [0.1, 0.15) is 0 Å². The molecule has 164 valence electrons. The van der Waals surface area contributed by atoms with Gasteiger partial charge in [-0.3, -0.25) is 0 Å². The lowest BCUT2D eigenvalue weighted by Gasteiger charge is -2.61. The van der Waals surface area contributed by atoms with Gasteiger partial charge in [-0.1, -0.05) is 20.8 Å². The minimum atomic E-state index is -0.0473. The molecule has 4 heteroatoms. The van der Waals surface area contributed by atoms with Crippen molar-refractivity contribution < 1.29 is 9.53 Å². The van der Waals surface area contributed by atoms with Crippen molar-refractivity contribution in [1.29, 1.82) is 0 Å². The predicted molar refractivity (Wildman–Crippen MR) is 115 cm³/mol. The molecular formula is C25H42N2O2. The Morgan fingerprint density at radius 3 is 2.62 bits per heavy atom. The number of hydrogen-bond acceptors (Lipinski definition) is 2. The van der Waals surface area contributed by atoms with E-state index in [9.17, 15) is 4.79 Å². The molecule has 5 aliphatic carbocycles. The highest BCUT2D eigenvalue weighted by Crippen LogP contribution is 2.82. The first-order valence-corrected chi connectivity index (χ1v) is 12.3. The van der Waals surface area contributed by atoms with Crippen molar-refractivity contribution in [3.8, 4) is 0 Å². The SMILES string of the molecule is CNC(=O)NC[C@@H](C)[C@H]1CC[C@H]2[C@@H]3CC(OC)C45C[C@H]4CC[C@]5(C)[C@H]3CC[C@]12C. The molecule has 10 atom stereocenters. The molecule has 5 saturated carbocycles. The summed E-state index contributed by atoms with van der Waals surface area (Å²) in [5, 5.41) is 5.77. The molecular weight excluding hydrogens is 360 g/mol. The Morgan fingerprint density at radius 2 is 1.93 bits per heavy atom. The number of methoxy groups -OCH3 is 1. The molecule has 0 aromatic heterocycles. The van der Waals surface area contributed by atoms with E-state index in [4.69, 9.17) is 4.74 Å². The average Bonchev–Trinajstić information content (AvgIpc) is 3.22. The lowest BCUT2D eigenvalue weighted by Crippen LogP contribution is -2.57.